The van der Waals surface area contributed by atoms with Crippen LogP contribution in [0.1, 0.15) is 25.8 Å². The molecular weight excluding hydrogens is 256 g/mol. The second kappa shape index (κ2) is 6.13. The van der Waals surface area contributed by atoms with Gasteiger partial charge in [-0.2, -0.15) is 0 Å². The smallest absolute Gasteiger partial charge is 0.133 e. The average molecular weight is 273 g/mol. The first-order valence-corrected chi connectivity index (χ1v) is 5.95. The average Bonchev–Trinajstić information content (AvgIpc) is 2.20. The second-order valence-electron chi connectivity index (χ2n) is 3.95. The highest BCUT2D eigenvalue weighted by atomic mass is 79.9. The molecule has 1 aromatic carbocycles. The van der Waals surface area contributed by atoms with Crippen LogP contribution in [0.5, 0.6) is 5.75 Å². The third kappa shape index (κ3) is 4.22. The molecule has 84 valence electrons. The summed E-state index contributed by atoms with van der Waals surface area (Å²) in [6.07, 6.45) is 1.05. The Bertz CT molecular complexity index is 310. The molecule has 0 spiro atoms. The maximum absolute atomic E-state index is 8.94. The summed E-state index contributed by atoms with van der Waals surface area (Å²) in [7, 11) is 0. The molecule has 2 nitrogen and oxygen atoms in total. The van der Waals surface area contributed by atoms with Gasteiger partial charge in [0.1, 0.15) is 5.75 Å². The van der Waals surface area contributed by atoms with Crippen molar-refractivity contribution in [3.8, 4) is 5.75 Å². The topological polar surface area (TPSA) is 29.5 Å². The molecule has 0 aromatic heterocycles. The Morgan fingerprint density at radius 3 is 2.67 bits per heavy atom. The Morgan fingerprint density at radius 2 is 2.13 bits per heavy atom. The standard InChI is InChI=1S/C12H17BrO2/c1-9(2)5-6-15-12-4-3-10(8-14)7-11(12)13/h3-4,7,9,14H,5-6,8H2,1-2H3. The van der Waals surface area contributed by atoms with Crippen LogP contribution in [0.25, 0.3) is 0 Å². The zero-order valence-corrected chi connectivity index (χ0v) is 10.8. The molecule has 0 atom stereocenters. The maximum atomic E-state index is 8.94. The Hall–Kier alpha value is -0.540. The molecule has 0 radical (unpaired) electrons. The number of hydrogen-bond acceptors (Lipinski definition) is 2. The minimum Gasteiger partial charge on any atom is -0.492 e. The minimum atomic E-state index is 0.0604. The molecule has 15 heavy (non-hydrogen) atoms. The number of ether oxygens (including phenoxy) is 1. The first-order valence-electron chi connectivity index (χ1n) is 5.15. The van der Waals surface area contributed by atoms with Gasteiger partial charge in [0, 0.05) is 0 Å². The molecule has 0 aliphatic rings. The van der Waals surface area contributed by atoms with E-state index < -0.39 is 0 Å². The van der Waals surface area contributed by atoms with Crippen LogP contribution in [0.3, 0.4) is 0 Å². The first-order chi connectivity index (χ1) is 7.13. The lowest BCUT2D eigenvalue weighted by Crippen LogP contribution is -2.02. The van der Waals surface area contributed by atoms with E-state index in [1.165, 1.54) is 0 Å². The number of hydrogen-bond donors (Lipinski definition) is 1. The Balaban J connectivity index is 2.54. The summed E-state index contributed by atoms with van der Waals surface area (Å²) in [6.45, 7) is 5.14. The summed E-state index contributed by atoms with van der Waals surface area (Å²) >= 11 is 3.42. The van der Waals surface area contributed by atoms with E-state index >= 15 is 0 Å². The lowest BCUT2D eigenvalue weighted by molar-refractivity contribution is 0.279. The normalized spacial score (nSPS) is 10.7. The van der Waals surface area contributed by atoms with Gasteiger partial charge in [-0.3, -0.25) is 0 Å². The van der Waals surface area contributed by atoms with Crippen LogP contribution in [0.2, 0.25) is 0 Å². The third-order valence-corrected chi connectivity index (χ3v) is 2.75. The van der Waals surface area contributed by atoms with E-state index in [9.17, 15) is 0 Å². The van der Waals surface area contributed by atoms with Gasteiger partial charge in [0.05, 0.1) is 17.7 Å². The third-order valence-electron chi connectivity index (χ3n) is 2.13. The van der Waals surface area contributed by atoms with E-state index in [2.05, 4.69) is 29.8 Å². The van der Waals surface area contributed by atoms with E-state index in [1.807, 2.05) is 18.2 Å². The molecule has 3 heteroatoms. The monoisotopic (exact) mass is 272 g/mol. The van der Waals surface area contributed by atoms with E-state index in [0.717, 1.165) is 28.8 Å². The summed E-state index contributed by atoms with van der Waals surface area (Å²) < 4.78 is 6.52. The van der Waals surface area contributed by atoms with Crippen molar-refractivity contribution >= 4 is 15.9 Å². The number of benzene rings is 1. The lowest BCUT2D eigenvalue weighted by atomic mass is 10.1. The fourth-order valence-electron chi connectivity index (χ4n) is 1.16. The maximum Gasteiger partial charge on any atom is 0.133 e. The number of aliphatic hydroxyl groups is 1. The van der Waals surface area contributed by atoms with Crippen LogP contribution < -0.4 is 4.74 Å². The zero-order chi connectivity index (χ0) is 11.3. The van der Waals surface area contributed by atoms with Gasteiger partial charge in [-0.25, -0.2) is 0 Å². The first kappa shape index (κ1) is 12.5. The van der Waals surface area contributed by atoms with Crippen molar-refractivity contribution in [2.24, 2.45) is 5.92 Å². The molecule has 1 rings (SSSR count). The molecule has 0 saturated carbocycles. The molecular formula is C12H17BrO2. The van der Waals surface area contributed by atoms with Gasteiger partial charge in [-0.05, 0) is 46.0 Å². The zero-order valence-electron chi connectivity index (χ0n) is 9.16. The van der Waals surface area contributed by atoms with Gasteiger partial charge >= 0.3 is 0 Å². The molecule has 0 bridgehead atoms. The molecule has 0 saturated heterocycles. The summed E-state index contributed by atoms with van der Waals surface area (Å²) in [5, 5.41) is 8.94. The molecule has 1 aromatic rings. The molecule has 0 amide bonds. The van der Waals surface area contributed by atoms with Crippen molar-refractivity contribution in [3.05, 3.63) is 28.2 Å². The van der Waals surface area contributed by atoms with E-state index in [1.54, 1.807) is 0 Å². The minimum absolute atomic E-state index is 0.0604. The number of halogens is 1. The van der Waals surface area contributed by atoms with Crippen molar-refractivity contribution in [3.63, 3.8) is 0 Å². The van der Waals surface area contributed by atoms with E-state index in [4.69, 9.17) is 9.84 Å². The molecule has 0 heterocycles. The number of aliphatic hydroxyl groups excluding tert-OH is 1. The largest absolute Gasteiger partial charge is 0.492 e. The van der Waals surface area contributed by atoms with Crippen LogP contribution in [-0.2, 0) is 6.61 Å². The predicted molar refractivity (Wildman–Crippen MR) is 65.0 cm³/mol. The Morgan fingerprint density at radius 1 is 1.40 bits per heavy atom. The van der Waals surface area contributed by atoms with Crippen LogP contribution in [0, 0.1) is 5.92 Å². The van der Waals surface area contributed by atoms with Crippen LogP contribution in [0.4, 0.5) is 0 Å². The fourth-order valence-corrected chi connectivity index (χ4v) is 1.70. The summed E-state index contributed by atoms with van der Waals surface area (Å²) in [6, 6.07) is 5.64. The van der Waals surface area contributed by atoms with Gasteiger partial charge in [0.2, 0.25) is 0 Å². The Labute approximate surface area is 99.4 Å². The van der Waals surface area contributed by atoms with Gasteiger partial charge in [0.25, 0.3) is 0 Å². The van der Waals surface area contributed by atoms with Crippen molar-refractivity contribution in [2.75, 3.05) is 6.61 Å². The summed E-state index contributed by atoms with van der Waals surface area (Å²) in [4.78, 5) is 0. The van der Waals surface area contributed by atoms with Crippen LogP contribution >= 0.6 is 15.9 Å². The second-order valence-corrected chi connectivity index (χ2v) is 4.81. The Kier molecular flexibility index (Phi) is 5.12. The van der Waals surface area contributed by atoms with Crippen molar-refractivity contribution in [1.82, 2.24) is 0 Å². The fraction of sp³-hybridized carbons (Fsp3) is 0.500. The predicted octanol–water partition coefficient (Wildman–Crippen LogP) is 3.37. The number of rotatable bonds is 5. The molecule has 0 aliphatic carbocycles. The van der Waals surface area contributed by atoms with Gasteiger partial charge < -0.3 is 9.84 Å². The highest BCUT2D eigenvalue weighted by Crippen LogP contribution is 2.26. The molecule has 0 fully saturated rings. The highest BCUT2D eigenvalue weighted by molar-refractivity contribution is 9.10. The molecule has 0 unspecified atom stereocenters. The van der Waals surface area contributed by atoms with Gasteiger partial charge in [0.15, 0.2) is 0 Å². The van der Waals surface area contributed by atoms with Crippen LogP contribution in [-0.4, -0.2) is 11.7 Å². The molecule has 1 N–H and O–H groups in total. The van der Waals surface area contributed by atoms with Gasteiger partial charge in [-0.1, -0.05) is 19.9 Å². The van der Waals surface area contributed by atoms with Crippen molar-refractivity contribution in [1.29, 1.82) is 0 Å². The summed E-state index contributed by atoms with van der Waals surface area (Å²) in [5.41, 5.74) is 0.887. The summed E-state index contributed by atoms with van der Waals surface area (Å²) in [5.74, 6) is 1.49. The van der Waals surface area contributed by atoms with Gasteiger partial charge in [-0.15, -0.1) is 0 Å². The van der Waals surface area contributed by atoms with E-state index in [0.29, 0.717) is 5.92 Å². The van der Waals surface area contributed by atoms with E-state index in [-0.39, 0.29) is 6.61 Å². The SMILES string of the molecule is CC(C)CCOc1ccc(CO)cc1Br. The van der Waals surface area contributed by atoms with Crippen molar-refractivity contribution in [2.45, 2.75) is 26.9 Å². The highest BCUT2D eigenvalue weighted by Gasteiger charge is 2.02. The lowest BCUT2D eigenvalue weighted by Gasteiger charge is -2.10. The van der Waals surface area contributed by atoms with Crippen LogP contribution in [0.15, 0.2) is 22.7 Å². The molecule has 0 aliphatic heterocycles. The van der Waals surface area contributed by atoms with Crippen molar-refractivity contribution < 1.29 is 9.84 Å². The quantitative estimate of drug-likeness (QED) is 0.891.